The zero-order valence-electron chi connectivity index (χ0n) is 16.3. The van der Waals surface area contributed by atoms with Crippen molar-refractivity contribution < 1.29 is 17.6 Å². The fourth-order valence-corrected chi connectivity index (χ4v) is 4.34. The smallest absolute Gasteiger partial charge is 0.255 e. The van der Waals surface area contributed by atoms with Gasteiger partial charge in [0, 0.05) is 11.0 Å². The third-order valence-electron chi connectivity index (χ3n) is 4.25. The van der Waals surface area contributed by atoms with Crippen molar-refractivity contribution in [2.24, 2.45) is 5.10 Å². The van der Waals surface area contributed by atoms with Crippen LogP contribution in [0.3, 0.4) is 0 Å². The molecular weight excluding hydrogens is 485 g/mol. The summed E-state index contributed by atoms with van der Waals surface area (Å²) in [6.07, 6.45) is 1.46. The molecule has 0 aliphatic heterocycles. The number of hydrazone groups is 1. The first kappa shape index (κ1) is 22.8. The van der Waals surface area contributed by atoms with Crippen LogP contribution in [-0.2, 0) is 21.4 Å². The summed E-state index contributed by atoms with van der Waals surface area (Å²) in [7, 11) is -4.04. The van der Waals surface area contributed by atoms with Gasteiger partial charge in [-0.05, 0) is 47.5 Å². The lowest BCUT2D eigenvalue weighted by Crippen LogP contribution is -2.39. The number of nitrogens with zero attached hydrogens (tertiary/aromatic N) is 2. The van der Waals surface area contributed by atoms with Crippen LogP contribution < -0.4 is 5.43 Å². The molecule has 3 aromatic rings. The molecule has 0 atom stereocenters. The second kappa shape index (κ2) is 10.4. The maximum Gasteiger partial charge on any atom is 0.255 e. The largest absolute Gasteiger partial charge is 0.272 e. The minimum absolute atomic E-state index is 0.0234. The number of hydrogen-bond donors (Lipinski definition) is 1. The number of nitrogens with one attached hydrogen (secondary N) is 1. The molecule has 0 fully saturated rings. The highest BCUT2D eigenvalue weighted by atomic mass is 79.9. The fraction of sp³-hybridized carbons (Fsp3) is 0.0909. The van der Waals surface area contributed by atoms with Crippen molar-refractivity contribution in [3.8, 4) is 0 Å². The van der Waals surface area contributed by atoms with Crippen LogP contribution in [-0.4, -0.2) is 31.4 Å². The number of carbonyl (C=O) groups is 1. The first-order valence-corrected chi connectivity index (χ1v) is 11.4. The molecular formula is C22H19BrFN3O3S. The number of halogens is 2. The SMILES string of the molecule is O=C(CN(Cc1ccccc1)S(=O)(=O)c1ccc(F)cc1)N/N=C/c1ccc(Br)cc1. The van der Waals surface area contributed by atoms with Crippen LogP contribution >= 0.6 is 15.9 Å². The molecule has 1 N–H and O–H groups in total. The second-order valence-electron chi connectivity index (χ2n) is 6.56. The minimum Gasteiger partial charge on any atom is -0.272 e. The summed E-state index contributed by atoms with van der Waals surface area (Å²) < 4.78 is 41.4. The van der Waals surface area contributed by atoms with E-state index in [1.165, 1.54) is 18.3 Å². The van der Waals surface area contributed by atoms with Crippen LogP contribution in [0.5, 0.6) is 0 Å². The molecule has 0 radical (unpaired) electrons. The van der Waals surface area contributed by atoms with Crippen LogP contribution in [0.25, 0.3) is 0 Å². The van der Waals surface area contributed by atoms with E-state index in [1.54, 1.807) is 36.4 Å². The summed E-state index contributed by atoms with van der Waals surface area (Å²) in [5.74, 6) is -1.15. The number of carbonyl (C=O) groups excluding carboxylic acids is 1. The molecule has 31 heavy (non-hydrogen) atoms. The Kier molecular flexibility index (Phi) is 7.67. The molecule has 0 spiro atoms. The Labute approximate surface area is 188 Å². The van der Waals surface area contributed by atoms with Gasteiger partial charge in [-0.1, -0.05) is 58.4 Å². The lowest BCUT2D eigenvalue weighted by molar-refractivity contribution is -0.121. The molecule has 0 unspecified atom stereocenters. The normalized spacial score (nSPS) is 11.7. The van der Waals surface area contributed by atoms with Crippen LogP contribution in [0.1, 0.15) is 11.1 Å². The van der Waals surface area contributed by atoms with E-state index in [0.29, 0.717) is 5.56 Å². The molecule has 3 rings (SSSR count). The highest BCUT2D eigenvalue weighted by molar-refractivity contribution is 9.10. The first-order chi connectivity index (χ1) is 14.8. The zero-order chi connectivity index (χ0) is 22.3. The van der Waals surface area contributed by atoms with Gasteiger partial charge in [-0.3, -0.25) is 4.79 Å². The Bertz CT molecular complexity index is 1150. The third kappa shape index (κ3) is 6.55. The van der Waals surface area contributed by atoms with E-state index >= 15 is 0 Å². The Morgan fingerprint density at radius 1 is 1.00 bits per heavy atom. The Morgan fingerprint density at radius 3 is 2.29 bits per heavy atom. The average molecular weight is 504 g/mol. The molecule has 0 aromatic heterocycles. The Balaban J connectivity index is 1.76. The molecule has 0 aliphatic carbocycles. The maximum absolute atomic E-state index is 13.2. The van der Waals surface area contributed by atoms with E-state index in [4.69, 9.17) is 0 Å². The number of sulfonamides is 1. The first-order valence-electron chi connectivity index (χ1n) is 9.22. The highest BCUT2D eigenvalue weighted by Crippen LogP contribution is 2.19. The number of hydrogen-bond acceptors (Lipinski definition) is 4. The van der Waals surface area contributed by atoms with Crippen molar-refractivity contribution in [3.63, 3.8) is 0 Å². The monoisotopic (exact) mass is 503 g/mol. The van der Waals surface area contributed by atoms with Crippen LogP contribution in [0.2, 0.25) is 0 Å². The topological polar surface area (TPSA) is 78.8 Å². The average Bonchev–Trinajstić information content (AvgIpc) is 2.76. The predicted molar refractivity (Wildman–Crippen MR) is 120 cm³/mol. The van der Waals surface area contributed by atoms with Crippen molar-refractivity contribution in [1.29, 1.82) is 0 Å². The van der Waals surface area contributed by atoms with Gasteiger partial charge in [0.05, 0.1) is 17.7 Å². The highest BCUT2D eigenvalue weighted by Gasteiger charge is 2.27. The summed E-state index contributed by atoms with van der Waals surface area (Å²) in [5, 5.41) is 3.89. The number of rotatable bonds is 8. The Morgan fingerprint density at radius 2 is 1.65 bits per heavy atom. The molecule has 1 amide bonds. The molecule has 0 heterocycles. The number of amides is 1. The summed E-state index contributed by atoms with van der Waals surface area (Å²) in [4.78, 5) is 12.3. The van der Waals surface area contributed by atoms with Gasteiger partial charge in [0.1, 0.15) is 5.82 Å². The molecule has 3 aromatic carbocycles. The fourth-order valence-electron chi connectivity index (χ4n) is 2.69. The zero-order valence-corrected chi connectivity index (χ0v) is 18.7. The molecule has 0 aliphatic rings. The third-order valence-corrected chi connectivity index (χ3v) is 6.58. The van der Waals surface area contributed by atoms with Gasteiger partial charge in [-0.25, -0.2) is 18.2 Å². The summed E-state index contributed by atoms with van der Waals surface area (Å²) in [5.41, 5.74) is 3.82. The van der Waals surface area contributed by atoms with Gasteiger partial charge in [-0.15, -0.1) is 0 Å². The van der Waals surface area contributed by atoms with E-state index < -0.39 is 28.3 Å². The molecule has 0 bridgehead atoms. The van der Waals surface area contributed by atoms with E-state index in [9.17, 15) is 17.6 Å². The summed E-state index contributed by atoms with van der Waals surface area (Å²) in [6.45, 7) is -0.476. The van der Waals surface area contributed by atoms with E-state index in [2.05, 4.69) is 26.5 Å². The van der Waals surface area contributed by atoms with Crippen molar-refractivity contribution >= 4 is 38.1 Å². The lowest BCUT2D eigenvalue weighted by atomic mass is 10.2. The van der Waals surface area contributed by atoms with Gasteiger partial charge in [-0.2, -0.15) is 9.41 Å². The van der Waals surface area contributed by atoms with Gasteiger partial charge < -0.3 is 0 Å². The van der Waals surface area contributed by atoms with Crippen LogP contribution in [0.15, 0.2) is 93.3 Å². The van der Waals surface area contributed by atoms with Crippen molar-refractivity contribution in [1.82, 2.24) is 9.73 Å². The predicted octanol–water partition coefficient (Wildman–Crippen LogP) is 3.93. The quantitative estimate of drug-likeness (QED) is 0.373. The van der Waals surface area contributed by atoms with Gasteiger partial charge in [0.2, 0.25) is 10.0 Å². The van der Waals surface area contributed by atoms with Gasteiger partial charge in [0.15, 0.2) is 0 Å². The number of benzene rings is 3. The standard InChI is InChI=1S/C22H19BrFN3O3S/c23-19-8-6-17(7-9-19)14-25-26-22(28)16-27(15-18-4-2-1-3-5-18)31(29,30)21-12-10-20(24)11-13-21/h1-14H,15-16H2,(H,26,28)/b25-14+. The lowest BCUT2D eigenvalue weighted by Gasteiger charge is -2.21. The summed E-state index contributed by atoms with van der Waals surface area (Å²) in [6, 6.07) is 20.6. The van der Waals surface area contributed by atoms with Crippen LogP contribution in [0.4, 0.5) is 4.39 Å². The summed E-state index contributed by atoms with van der Waals surface area (Å²) >= 11 is 3.34. The molecule has 160 valence electrons. The molecule has 6 nitrogen and oxygen atoms in total. The molecule has 9 heteroatoms. The van der Waals surface area contributed by atoms with E-state index in [-0.39, 0.29) is 11.4 Å². The van der Waals surface area contributed by atoms with Crippen molar-refractivity contribution in [2.45, 2.75) is 11.4 Å². The van der Waals surface area contributed by atoms with Gasteiger partial charge in [0.25, 0.3) is 5.91 Å². The van der Waals surface area contributed by atoms with Crippen molar-refractivity contribution in [2.75, 3.05) is 6.54 Å². The molecule has 0 saturated heterocycles. The maximum atomic E-state index is 13.2. The minimum atomic E-state index is -4.04. The van der Waals surface area contributed by atoms with E-state index in [1.807, 2.05) is 18.2 Å². The Hall–Kier alpha value is -2.88. The van der Waals surface area contributed by atoms with Crippen LogP contribution in [0, 0.1) is 5.82 Å². The van der Waals surface area contributed by atoms with E-state index in [0.717, 1.165) is 26.5 Å². The van der Waals surface area contributed by atoms with Gasteiger partial charge >= 0.3 is 0 Å². The molecule has 0 saturated carbocycles. The van der Waals surface area contributed by atoms with Crippen molar-refractivity contribution in [3.05, 3.63) is 100 Å². The second-order valence-corrected chi connectivity index (χ2v) is 9.41.